The Labute approximate surface area is 111 Å². The Balaban J connectivity index is 2.12. The van der Waals surface area contributed by atoms with Gasteiger partial charge in [0, 0.05) is 35.1 Å². The summed E-state index contributed by atoms with van der Waals surface area (Å²) in [5, 5.41) is 3.03. The summed E-state index contributed by atoms with van der Waals surface area (Å²) >= 11 is 1.73. The summed E-state index contributed by atoms with van der Waals surface area (Å²) in [5.41, 5.74) is 7.24. The topological polar surface area (TPSA) is 64.3 Å². The molecule has 0 radical (unpaired) electrons. The molecule has 0 saturated carbocycles. The highest BCUT2D eigenvalue weighted by Gasteiger charge is 2.25. The van der Waals surface area contributed by atoms with Crippen molar-refractivity contribution in [3.8, 4) is 0 Å². The highest BCUT2D eigenvalue weighted by molar-refractivity contribution is 8.00. The van der Waals surface area contributed by atoms with E-state index in [1.54, 1.807) is 30.9 Å². The van der Waals surface area contributed by atoms with E-state index in [-0.39, 0.29) is 12.0 Å². The number of thioether (sulfide) groups is 1. The molecule has 1 aromatic carbocycles. The van der Waals surface area contributed by atoms with Crippen LogP contribution in [0.15, 0.2) is 23.1 Å². The standard InChI is InChI=1S/C13H18N2O2S/c1-8-11(5-6-17-8)18-12-4-3-9(7-10(12)14)13(16)15-2/h3-4,7-8,11H,5-6,14H2,1-2H3,(H,15,16). The van der Waals surface area contributed by atoms with Crippen LogP contribution < -0.4 is 11.1 Å². The van der Waals surface area contributed by atoms with Crippen LogP contribution in [0.2, 0.25) is 0 Å². The van der Waals surface area contributed by atoms with Gasteiger partial charge in [-0.25, -0.2) is 0 Å². The first-order valence-corrected chi connectivity index (χ1v) is 6.89. The number of nitrogens with one attached hydrogen (secondary N) is 1. The second kappa shape index (κ2) is 5.63. The molecule has 3 N–H and O–H groups in total. The zero-order chi connectivity index (χ0) is 13.1. The minimum Gasteiger partial charge on any atom is -0.398 e. The van der Waals surface area contributed by atoms with E-state index < -0.39 is 0 Å². The highest BCUT2D eigenvalue weighted by Crippen LogP contribution is 2.35. The number of amides is 1. The van der Waals surface area contributed by atoms with Crippen molar-refractivity contribution >= 4 is 23.4 Å². The predicted octanol–water partition coefficient (Wildman–Crippen LogP) is 1.90. The first kappa shape index (κ1) is 13.2. The first-order chi connectivity index (χ1) is 8.61. The molecular weight excluding hydrogens is 248 g/mol. The van der Waals surface area contributed by atoms with Gasteiger partial charge in [-0.15, -0.1) is 11.8 Å². The maximum atomic E-state index is 11.5. The number of rotatable bonds is 3. The van der Waals surface area contributed by atoms with Gasteiger partial charge in [-0.1, -0.05) is 0 Å². The van der Waals surface area contributed by atoms with Gasteiger partial charge >= 0.3 is 0 Å². The van der Waals surface area contributed by atoms with Gasteiger partial charge in [-0.3, -0.25) is 4.79 Å². The quantitative estimate of drug-likeness (QED) is 0.820. The summed E-state index contributed by atoms with van der Waals surface area (Å²) in [4.78, 5) is 12.5. The fraction of sp³-hybridized carbons (Fsp3) is 0.462. The molecule has 1 fully saturated rings. The fourth-order valence-corrected chi connectivity index (χ4v) is 3.12. The third-order valence-electron chi connectivity index (χ3n) is 3.08. The van der Waals surface area contributed by atoms with Gasteiger partial charge in [0.25, 0.3) is 5.91 Å². The van der Waals surface area contributed by atoms with Gasteiger partial charge in [-0.05, 0) is 31.5 Å². The Kier molecular flexibility index (Phi) is 4.14. The van der Waals surface area contributed by atoms with Gasteiger partial charge in [-0.2, -0.15) is 0 Å². The minimum absolute atomic E-state index is 0.115. The van der Waals surface area contributed by atoms with E-state index in [0.717, 1.165) is 17.9 Å². The van der Waals surface area contributed by atoms with Crippen LogP contribution in [0.5, 0.6) is 0 Å². The third-order valence-corrected chi connectivity index (χ3v) is 4.63. The molecule has 2 rings (SSSR count). The zero-order valence-corrected chi connectivity index (χ0v) is 11.4. The van der Waals surface area contributed by atoms with E-state index in [4.69, 9.17) is 10.5 Å². The molecule has 0 aromatic heterocycles. The van der Waals surface area contributed by atoms with Crippen LogP contribution >= 0.6 is 11.8 Å². The van der Waals surface area contributed by atoms with E-state index in [1.807, 2.05) is 6.07 Å². The van der Waals surface area contributed by atoms with Crippen LogP contribution in [0.25, 0.3) is 0 Å². The van der Waals surface area contributed by atoms with Crippen molar-refractivity contribution in [3.63, 3.8) is 0 Å². The second-order valence-electron chi connectivity index (χ2n) is 4.35. The summed E-state index contributed by atoms with van der Waals surface area (Å²) in [6.07, 6.45) is 1.30. The number of benzene rings is 1. The molecule has 1 aliphatic heterocycles. The number of hydrogen-bond donors (Lipinski definition) is 2. The Bertz CT molecular complexity index is 451. The van der Waals surface area contributed by atoms with Gasteiger partial charge in [0.1, 0.15) is 0 Å². The van der Waals surface area contributed by atoms with E-state index in [0.29, 0.717) is 16.5 Å². The SMILES string of the molecule is CNC(=O)c1ccc(SC2CCOC2C)c(N)c1. The molecule has 1 saturated heterocycles. The van der Waals surface area contributed by atoms with E-state index in [2.05, 4.69) is 12.2 Å². The largest absolute Gasteiger partial charge is 0.398 e. The lowest BCUT2D eigenvalue weighted by molar-refractivity contribution is 0.0963. The molecule has 0 spiro atoms. The number of carbonyl (C=O) groups is 1. The summed E-state index contributed by atoms with van der Waals surface area (Å²) in [7, 11) is 1.61. The Morgan fingerprint density at radius 3 is 2.89 bits per heavy atom. The lowest BCUT2D eigenvalue weighted by atomic mass is 10.2. The molecule has 1 amide bonds. The van der Waals surface area contributed by atoms with Crippen LogP contribution in [0.4, 0.5) is 5.69 Å². The van der Waals surface area contributed by atoms with Crippen molar-refractivity contribution in [3.05, 3.63) is 23.8 Å². The fourth-order valence-electron chi connectivity index (χ4n) is 1.97. The number of carbonyl (C=O) groups excluding carboxylic acids is 1. The second-order valence-corrected chi connectivity index (χ2v) is 5.63. The summed E-state index contributed by atoms with van der Waals surface area (Å²) in [5.74, 6) is -0.115. The van der Waals surface area contributed by atoms with Crippen LogP contribution in [-0.4, -0.2) is 30.9 Å². The average molecular weight is 266 g/mol. The molecule has 1 aromatic rings. The van der Waals surface area contributed by atoms with Crippen LogP contribution in [-0.2, 0) is 4.74 Å². The lowest BCUT2D eigenvalue weighted by Gasteiger charge is -2.15. The van der Waals surface area contributed by atoms with Crippen LogP contribution in [0.3, 0.4) is 0 Å². The molecule has 2 unspecified atom stereocenters. The minimum atomic E-state index is -0.115. The van der Waals surface area contributed by atoms with E-state index in [9.17, 15) is 4.79 Å². The number of nitrogen functional groups attached to an aromatic ring is 1. The van der Waals surface area contributed by atoms with Crippen molar-refractivity contribution in [1.82, 2.24) is 5.32 Å². The van der Waals surface area contributed by atoms with Crippen molar-refractivity contribution in [2.24, 2.45) is 0 Å². The summed E-state index contributed by atoms with van der Waals surface area (Å²) in [6.45, 7) is 2.90. The summed E-state index contributed by atoms with van der Waals surface area (Å²) < 4.78 is 5.53. The molecule has 5 heteroatoms. The van der Waals surface area contributed by atoms with Crippen molar-refractivity contribution in [2.75, 3.05) is 19.4 Å². The molecule has 1 heterocycles. The van der Waals surface area contributed by atoms with Gasteiger partial charge in [0.2, 0.25) is 0 Å². The maximum Gasteiger partial charge on any atom is 0.251 e. The highest BCUT2D eigenvalue weighted by atomic mass is 32.2. The first-order valence-electron chi connectivity index (χ1n) is 6.01. The number of anilines is 1. The van der Waals surface area contributed by atoms with E-state index in [1.165, 1.54) is 0 Å². The normalized spacial score (nSPS) is 23.0. The third kappa shape index (κ3) is 2.79. The number of nitrogens with two attached hydrogens (primary N) is 1. The van der Waals surface area contributed by atoms with Crippen LogP contribution in [0, 0.1) is 0 Å². The van der Waals surface area contributed by atoms with Gasteiger partial charge in [0.15, 0.2) is 0 Å². The Morgan fingerprint density at radius 2 is 2.33 bits per heavy atom. The van der Waals surface area contributed by atoms with E-state index >= 15 is 0 Å². The maximum absolute atomic E-state index is 11.5. The molecule has 18 heavy (non-hydrogen) atoms. The van der Waals surface area contributed by atoms with Gasteiger partial charge in [0.05, 0.1) is 6.10 Å². The molecule has 1 aliphatic rings. The molecule has 98 valence electrons. The Morgan fingerprint density at radius 1 is 1.56 bits per heavy atom. The van der Waals surface area contributed by atoms with Crippen molar-refractivity contribution < 1.29 is 9.53 Å². The monoisotopic (exact) mass is 266 g/mol. The summed E-state index contributed by atoms with van der Waals surface area (Å²) in [6, 6.07) is 5.44. The molecule has 2 atom stereocenters. The van der Waals surface area contributed by atoms with Crippen molar-refractivity contribution in [1.29, 1.82) is 0 Å². The molecule has 0 aliphatic carbocycles. The molecule has 4 nitrogen and oxygen atoms in total. The van der Waals surface area contributed by atoms with Crippen molar-refractivity contribution in [2.45, 2.75) is 29.6 Å². The molecular formula is C13H18N2O2S. The number of hydrogen-bond acceptors (Lipinski definition) is 4. The predicted molar refractivity (Wildman–Crippen MR) is 73.9 cm³/mol. The van der Waals surface area contributed by atoms with Gasteiger partial charge < -0.3 is 15.8 Å². The van der Waals surface area contributed by atoms with Crippen LogP contribution in [0.1, 0.15) is 23.7 Å². The number of ether oxygens (including phenoxy) is 1. The zero-order valence-electron chi connectivity index (χ0n) is 10.6. The lowest BCUT2D eigenvalue weighted by Crippen LogP contribution is -2.18. The average Bonchev–Trinajstić information content (AvgIpc) is 2.76. The molecule has 0 bridgehead atoms. The smallest absolute Gasteiger partial charge is 0.251 e. The Hall–Kier alpha value is -1.20.